The molecule has 0 aliphatic heterocycles. The van der Waals surface area contributed by atoms with Gasteiger partial charge in [-0.2, -0.15) is 0 Å². The van der Waals surface area contributed by atoms with E-state index < -0.39 is 11.9 Å². The molecule has 0 saturated carbocycles. The lowest BCUT2D eigenvalue weighted by atomic mass is 10.2. The summed E-state index contributed by atoms with van der Waals surface area (Å²) in [5, 5.41) is 3.07. The number of hydrogen-bond donors (Lipinski definition) is 1. The fourth-order valence-electron chi connectivity index (χ4n) is 1.80. The second kappa shape index (κ2) is 7.09. The van der Waals surface area contributed by atoms with E-state index in [1.807, 2.05) is 6.92 Å². The van der Waals surface area contributed by atoms with Crippen molar-refractivity contribution < 1.29 is 13.9 Å². The Balaban J connectivity index is 2.07. The zero-order chi connectivity index (χ0) is 15.2. The van der Waals surface area contributed by atoms with Gasteiger partial charge in [-0.05, 0) is 36.8 Å². The molecule has 1 atom stereocenters. The number of benzene rings is 2. The SMILES string of the molecule is CC[C@@H](Oc1ccccc1Cl)C(=O)Nc1cccc(F)c1. The third-order valence-electron chi connectivity index (χ3n) is 2.86. The second-order valence-corrected chi connectivity index (χ2v) is 4.85. The molecule has 1 amide bonds. The van der Waals surface area contributed by atoms with Crippen LogP contribution in [-0.4, -0.2) is 12.0 Å². The van der Waals surface area contributed by atoms with E-state index in [0.29, 0.717) is 22.9 Å². The van der Waals surface area contributed by atoms with Gasteiger partial charge < -0.3 is 10.1 Å². The zero-order valence-corrected chi connectivity index (χ0v) is 12.2. The minimum Gasteiger partial charge on any atom is -0.479 e. The van der Waals surface area contributed by atoms with Crippen molar-refractivity contribution in [3.8, 4) is 5.75 Å². The number of carbonyl (C=O) groups is 1. The molecule has 0 aromatic heterocycles. The van der Waals surface area contributed by atoms with Crippen molar-refractivity contribution in [1.82, 2.24) is 0 Å². The summed E-state index contributed by atoms with van der Waals surface area (Å²) >= 11 is 6.00. The van der Waals surface area contributed by atoms with E-state index in [0.717, 1.165) is 0 Å². The predicted octanol–water partition coefficient (Wildman–Crippen LogP) is 4.28. The maximum absolute atomic E-state index is 13.1. The first-order valence-electron chi connectivity index (χ1n) is 6.57. The molecule has 110 valence electrons. The Labute approximate surface area is 127 Å². The molecule has 2 rings (SSSR count). The van der Waals surface area contributed by atoms with Gasteiger partial charge in [0.2, 0.25) is 0 Å². The number of nitrogens with one attached hydrogen (secondary N) is 1. The molecule has 21 heavy (non-hydrogen) atoms. The summed E-state index contributed by atoms with van der Waals surface area (Å²) < 4.78 is 18.7. The highest BCUT2D eigenvalue weighted by Crippen LogP contribution is 2.25. The molecular formula is C16H15ClFNO2. The molecule has 2 aromatic rings. The molecule has 0 radical (unpaired) electrons. The number of para-hydroxylation sites is 1. The van der Waals surface area contributed by atoms with Gasteiger partial charge in [0.25, 0.3) is 5.91 Å². The number of ether oxygens (including phenoxy) is 1. The Morgan fingerprint density at radius 2 is 2.05 bits per heavy atom. The predicted molar refractivity (Wildman–Crippen MR) is 81.2 cm³/mol. The van der Waals surface area contributed by atoms with Gasteiger partial charge in [0.1, 0.15) is 11.6 Å². The first-order valence-corrected chi connectivity index (χ1v) is 6.95. The van der Waals surface area contributed by atoms with Crippen LogP contribution in [0.1, 0.15) is 13.3 Å². The molecule has 0 spiro atoms. The maximum atomic E-state index is 13.1. The van der Waals surface area contributed by atoms with Crippen LogP contribution in [0.3, 0.4) is 0 Å². The summed E-state index contributed by atoms with van der Waals surface area (Å²) in [5.74, 6) is -0.309. The quantitative estimate of drug-likeness (QED) is 0.895. The highest BCUT2D eigenvalue weighted by molar-refractivity contribution is 6.32. The van der Waals surface area contributed by atoms with E-state index in [-0.39, 0.29) is 5.91 Å². The molecule has 0 fully saturated rings. The molecule has 0 unspecified atom stereocenters. The summed E-state index contributed by atoms with van der Waals surface area (Å²) in [6.45, 7) is 1.83. The van der Waals surface area contributed by atoms with Crippen LogP contribution >= 0.6 is 11.6 Å². The number of halogens is 2. The molecule has 1 N–H and O–H groups in total. The number of anilines is 1. The minimum absolute atomic E-state index is 0.344. The number of rotatable bonds is 5. The Morgan fingerprint density at radius 1 is 1.29 bits per heavy atom. The van der Waals surface area contributed by atoms with Crippen molar-refractivity contribution in [2.24, 2.45) is 0 Å². The third-order valence-corrected chi connectivity index (χ3v) is 3.17. The highest BCUT2D eigenvalue weighted by Gasteiger charge is 2.19. The molecule has 3 nitrogen and oxygen atoms in total. The van der Waals surface area contributed by atoms with Crippen molar-refractivity contribution in [1.29, 1.82) is 0 Å². The van der Waals surface area contributed by atoms with Crippen molar-refractivity contribution >= 4 is 23.2 Å². The fourth-order valence-corrected chi connectivity index (χ4v) is 1.99. The van der Waals surface area contributed by atoms with Crippen LogP contribution in [0.25, 0.3) is 0 Å². The highest BCUT2D eigenvalue weighted by atomic mass is 35.5. The Morgan fingerprint density at radius 3 is 2.71 bits per heavy atom. The lowest BCUT2D eigenvalue weighted by Gasteiger charge is -2.18. The van der Waals surface area contributed by atoms with Gasteiger partial charge in [0, 0.05) is 5.69 Å². The molecule has 2 aromatic carbocycles. The average Bonchev–Trinajstić information content (AvgIpc) is 2.46. The first-order chi connectivity index (χ1) is 10.1. The lowest BCUT2D eigenvalue weighted by Crippen LogP contribution is -2.32. The first kappa shape index (κ1) is 15.3. The summed E-state index contributed by atoms with van der Waals surface area (Å²) in [4.78, 5) is 12.2. The summed E-state index contributed by atoms with van der Waals surface area (Å²) in [6.07, 6.45) is -0.236. The van der Waals surface area contributed by atoms with E-state index in [1.165, 1.54) is 18.2 Å². The summed E-state index contributed by atoms with van der Waals surface area (Å²) in [7, 11) is 0. The normalized spacial score (nSPS) is 11.8. The lowest BCUT2D eigenvalue weighted by molar-refractivity contribution is -0.122. The summed E-state index contributed by atoms with van der Waals surface area (Å²) in [6, 6.07) is 12.6. The van der Waals surface area contributed by atoms with Crippen LogP contribution in [0.2, 0.25) is 5.02 Å². The van der Waals surface area contributed by atoms with Crippen LogP contribution in [0.15, 0.2) is 48.5 Å². The monoisotopic (exact) mass is 307 g/mol. The number of amides is 1. The van der Waals surface area contributed by atoms with E-state index in [4.69, 9.17) is 16.3 Å². The van der Waals surface area contributed by atoms with Gasteiger partial charge >= 0.3 is 0 Å². The van der Waals surface area contributed by atoms with E-state index in [1.54, 1.807) is 30.3 Å². The van der Waals surface area contributed by atoms with Crippen LogP contribution in [0.4, 0.5) is 10.1 Å². The molecular weight excluding hydrogens is 293 g/mol. The van der Waals surface area contributed by atoms with Gasteiger partial charge in [0.05, 0.1) is 5.02 Å². The number of hydrogen-bond acceptors (Lipinski definition) is 2. The fraction of sp³-hybridized carbons (Fsp3) is 0.188. The summed E-state index contributed by atoms with van der Waals surface area (Å²) in [5.41, 5.74) is 0.390. The van der Waals surface area contributed by atoms with Crippen molar-refractivity contribution in [3.05, 3.63) is 59.4 Å². The largest absolute Gasteiger partial charge is 0.479 e. The van der Waals surface area contributed by atoms with Crippen LogP contribution in [-0.2, 0) is 4.79 Å². The average molecular weight is 308 g/mol. The maximum Gasteiger partial charge on any atom is 0.265 e. The molecule has 0 aliphatic carbocycles. The van der Waals surface area contributed by atoms with Gasteiger partial charge in [-0.1, -0.05) is 36.7 Å². The third kappa shape index (κ3) is 4.20. The zero-order valence-electron chi connectivity index (χ0n) is 11.5. The molecule has 0 saturated heterocycles. The van der Waals surface area contributed by atoms with E-state index in [2.05, 4.69) is 5.32 Å². The van der Waals surface area contributed by atoms with Gasteiger partial charge in [0.15, 0.2) is 6.10 Å². The van der Waals surface area contributed by atoms with E-state index in [9.17, 15) is 9.18 Å². The molecule has 5 heteroatoms. The van der Waals surface area contributed by atoms with Crippen LogP contribution < -0.4 is 10.1 Å². The Hall–Kier alpha value is -2.07. The Bertz CT molecular complexity index is 633. The standard InChI is InChI=1S/C16H15ClFNO2/c1-2-14(21-15-9-4-3-8-13(15)17)16(20)19-12-7-5-6-11(18)10-12/h3-10,14H,2H2,1H3,(H,19,20)/t14-/m1/s1. The molecule has 0 aliphatic rings. The van der Waals surface area contributed by atoms with E-state index >= 15 is 0 Å². The molecule has 0 heterocycles. The second-order valence-electron chi connectivity index (χ2n) is 4.44. The molecule has 0 bridgehead atoms. The topological polar surface area (TPSA) is 38.3 Å². The number of carbonyl (C=O) groups excluding carboxylic acids is 1. The van der Waals surface area contributed by atoms with Crippen LogP contribution in [0, 0.1) is 5.82 Å². The smallest absolute Gasteiger partial charge is 0.265 e. The van der Waals surface area contributed by atoms with Crippen molar-refractivity contribution in [2.75, 3.05) is 5.32 Å². The van der Waals surface area contributed by atoms with Crippen molar-refractivity contribution in [3.63, 3.8) is 0 Å². The van der Waals surface area contributed by atoms with Gasteiger partial charge in [-0.3, -0.25) is 4.79 Å². The van der Waals surface area contributed by atoms with Gasteiger partial charge in [-0.25, -0.2) is 4.39 Å². The van der Waals surface area contributed by atoms with Crippen LogP contribution in [0.5, 0.6) is 5.75 Å². The minimum atomic E-state index is -0.701. The van der Waals surface area contributed by atoms with Gasteiger partial charge in [-0.15, -0.1) is 0 Å². The van der Waals surface area contributed by atoms with Crippen molar-refractivity contribution in [2.45, 2.75) is 19.4 Å². The Kier molecular flexibility index (Phi) is 5.17.